The van der Waals surface area contributed by atoms with Crippen LogP contribution in [0.2, 0.25) is 13.1 Å². The molecular formula is C20H20F3Si. The quantitative estimate of drug-likeness (QED) is 0.437. The normalized spacial score (nSPS) is 13.8. The minimum atomic E-state index is -4.33. The first-order chi connectivity index (χ1) is 11.3. The van der Waals surface area contributed by atoms with Crippen molar-refractivity contribution in [3.63, 3.8) is 0 Å². The summed E-state index contributed by atoms with van der Waals surface area (Å²) in [6.07, 6.45) is -0.567. The molecule has 2 aromatic carbocycles. The molecular weight excluding hydrogens is 325 g/mol. The Morgan fingerprint density at radius 3 is 2.25 bits per heavy atom. The number of hydrogen-bond donors (Lipinski definition) is 0. The highest BCUT2D eigenvalue weighted by molar-refractivity contribution is 6.65. The van der Waals surface area contributed by atoms with Crippen molar-refractivity contribution in [3.8, 4) is 0 Å². The summed E-state index contributed by atoms with van der Waals surface area (Å²) < 4.78 is 38.8. The fourth-order valence-electron chi connectivity index (χ4n) is 2.63. The molecule has 1 atom stereocenters. The van der Waals surface area contributed by atoms with Gasteiger partial charge in [0.25, 0.3) is 0 Å². The van der Waals surface area contributed by atoms with E-state index < -0.39 is 20.5 Å². The lowest BCUT2D eigenvalue weighted by Crippen LogP contribution is -2.13. The third kappa shape index (κ3) is 4.48. The Morgan fingerprint density at radius 2 is 1.71 bits per heavy atom. The van der Waals surface area contributed by atoms with E-state index in [1.165, 1.54) is 12.1 Å². The second-order valence-electron chi connectivity index (χ2n) is 5.85. The number of alkyl halides is 3. The minimum Gasteiger partial charge on any atom is -0.166 e. The SMILES string of the molecule is C=C[C@@H](/C(=C/c1cccc(C(F)(F)F)c1)[Si](C)C)c1ccccc1. The molecule has 0 aromatic heterocycles. The van der Waals surface area contributed by atoms with Crippen molar-refractivity contribution in [1.29, 1.82) is 0 Å². The molecule has 0 bridgehead atoms. The number of benzene rings is 2. The van der Waals surface area contributed by atoms with Gasteiger partial charge in [0, 0.05) is 5.92 Å². The maximum Gasteiger partial charge on any atom is 0.416 e. The molecule has 0 saturated carbocycles. The predicted octanol–water partition coefficient (Wildman–Crippen LogP) is 6.35. The van der Waals surface area contributed by atoms with Gasteiger partial charge in [-0.2, -0.15) is 13.2 Å². The Kier molecular flexibility index (Phi) is 5.83. The lowest BCUT2D eigenvalue weighted by molar-refractivity contribution is -0.137. The van der Waals surface area contributed by atoms with Gasteiger partial charge < -0.3 is 0 Å². The molecule has 0 saturated heterocycles. The van der Waals surface area contributed by atoms with Crippen molar-refractivity contribution in [1.82, 2.24) is 0 Å². The Balaban J connectivity index is 2.47. The zero-order valence-corrected chi connectivity index (χ0v) is 14.8. The third-order valence-electron chi connectivity index (χ3n) is 3.84. The Labute approximate surface area is 143 Å². The molecule has 0 amide bonds. The molecule has 2 rings (SSSR count). The number of hydrogen-bond acceptors (Lipinski definition) is 0. The van der Waals surface area contributed by atoms with E-state index in [2.05, 4.69) is 19.7 Å². The molecule has 0 unspecified atom stereocenters. The van der Waals surface area contributed by atoms with Gasteiger partial charge in [0.1, 0.15) is 0 Å². The van der Waals surface area contributed by atoms with Gasteiger partial charge in [-0.3, -0.25) is 0 Å². The first kappa shape index (κ1) is 18.3. The molecule has 0 fully saturated rings. The highest BCUT2D eigenvalue weighted by Gasteiger charge is 2.30. The number of rotatable bonds is 5. The minimum absolute atomic E-state index is 0.0182. The van der Waals surface area contributed by atoms with Crippen molar-refractivity contribution in [3.05, 3.63) is 89.1 Å². The fourth-order valence-corrected chi connectivity index (χ4v) is 3.99. The van der Waals surface area contributed by atoms with Gasteiger partial charge >= 0.3 is 6.18 Å². The van der Waals surface area contributed by atoms with Crippen LogP contribution >= 0.6 is 0 Å². The maximum absolute atomic E-state index is 12.9. The summed E-state index contributed by atoms with van der Waals surface area (Å²) in [6.45, 7) is 8.22. The highest BCUT2D eigenvalue weighted by Crippen LogP contribution is 2.32. The van der Waals surface area contributed by atoms with Crippen molar-refractivity contribution in [2.45, 2.75) is 25.2 Å². The highest BCUT2D eigenvalue weighted by atomic mass is 28.3. The predicted molar refractivity (Wildman–Crippen MR) is 96.3 cm³/mol. The van der Waals surface area contributed by atoms with Crippen LogP contribution in [-0.4, -0.2) is 8.80 Å². The van der Waals surface area contributed by atoms with E-state index in [0.29, 0.717) is 5.56 Å². The third-order valence-corrected chi connectivity index (χ3v) is 5.45. The van der Waals surface area contributed by atoms with Crippen molar-refractivity contribution in [2.24, 2.45) is 0 Å². The van der Waals surface area contributed by atoms with Crippen LogP contribution in [0.15, 0.2) is 72.4 Å². The summed E-state index contributed by atoms with van der Waals surface area (Å²) in [7, 11) is -0.868. The molecule has 24 heavy (non-hydrogen) atoms. The molecule has 0 aliphatic heterocycles. The largest absolute Gasteiger partial charge is 0.416 e. The second-order valence-corrected chi connectivity index (χ2v) is 8.42. The number of halogens is 3. The zero-order valence-electron chi connectivity index (χ0n) is 13.8. The van der Waals surface area contributed by atoms with Gasteiger partial charge in [-0.15, -0.1) is 6.58 Å². The van der Waals surface area contributed by atoms with Crippen LogP contribution in [0, 0.1) is 0 Å². The standard InChI is InChI=1S/C20H20F3Si/c1-4-18(16-10-6-5-7-11-16)19(24(2)3)14-15-9-8-12-17(13-15)20(21,22)23/h4-14,18H,1H2,2-3H3/b19-14-/t18-/m1/s1. The zero-order chi connectivity index (χ0) is 17.7. The van der Waals surface area contributed by atoms with Gasteiger partial charge in [-0.25, -0.2) is 0 Å². The second kappa shape index (κ2) is 7.66. The van der Waals surface area contributed by atoms with E-state index >= 15 is 0 Å². The van der Waals surface area contributed by atoms with Gasteiger partial charge in [0.15, 0.2) is 0 Å². The summed E-state index contributed by atoms with van der Waals surface area (Å²) in [6, 6.07) is 15.4. The Bertz CT molecular complexity index is 715. The molecule has 0 aliphatic carbocycles. The molecule has 125 valence electrons. The first-order valence-electron chi connectivity index (χ1n) is 7.70. The van der Waals surface area contributed by atoms with Gasteiger partial charge in [0.2, 0.25) is 0 Å². The summed E-state index contributed by atoms with van der Waals surface area (Å²) in [5, 5.41) is 1.14. The van der Waals surface area contributed by atoms with E-state index in [1.807, 2.05) is 42.5 Å². The van der Waals surface area contributed by atoms with E-state index in [4.69, 9.17) is 0 Å². The summed E-state index contributed by atoms with van der Waals surface area (Å²) in [5.41, 5.74) is 1.07. The molecule has 0 N–H and O–H groups in total. The molecule has 0 heterocycles. The van der Waals surface area contributed by atoms with Crippen molar-refractivity contribution < 1.29 is 13.2 Å². The van der Waals surface area contributed by atoms with Gasteiger partial charge in [-0.05, 0) is 23.3 Å². The Hall–Kier alpha value is -2.07. The van der Waals surface area contributed by atoms with Crippen LogP contribution in [0.1, 0.15) is 22.6 Å². The first-order valence-corrected chi connectivity index (χ1v) is 10.2. The molecule has 2 aromatic rings. The Morgan fingerprint density at radius 1 is 1.04 bits per heavy atom. The van der Waals surface area contributed by atoms with E-state index in [0.717, 1.165) is 16.8 Å². The summed E-state index contributed by atoms with van der Waals surface area (Å²) in [5.74, 6) is 0.0182. The molecule has 1 radical (unpaired) electrons. The van der Waals surface area contributed by atoms with Crippen LogP contribution in [0.4, 0.5) is 13.2 Å². The average Bonchev–Trinajstić information content (AvgIpc) is 2.55. The van der Waals surface area contributed by atoms with Crippen molar-refractivity contribution >= 4 is 14.9 Å². The molecule has 4 heteroatoms. The smallest absolute Gasteiger partial charge is 0.166 e. The molecule has 0 spiro atoms. The maximum atomic E-state index is 12.9. The van der Waals surface area contributed by atoms with E-state index in [1.54, 1.807) is 6.07 Å². The van der Waals surface area contributed by atoms with Crippen LogP contribution in [0.3, 0.4) is 0 Å². The summed E-state index contributed by atoms with van der Waals surface area (Å²) in [4.78, 5) is 0. The molecule has 0 nitrogen and oxygen atoms in total. The van der Waals surface area contributed by atoms with Gasteiger partial charge in [0.05, 0.1) is 14.4 Å². The number of allylic oxidation sites excluding steroid dienone is 2. The topological polar surface area (TPSA) is 0 Å². The lowest BCUT2D eigenvalue weighted by atomic mass is 9.97. The van der Waals surface area contributed by atoms with Crippen LogP contribution in [-0.2, 0) is 6.18 Å². The average molecular weight is 345 g/mol. The van der Waals surface area contributed by atoms with Gasteiger partial charge in [-0.1, -0.05) is 72.9 Å². The van der Waals surface area contributed by atoms with Crippen LogP contribution in [0.25, 0.3) is 6.08 Å². The van der Waals surface area contributed by atoms with Crippen LogP contribution < -0.4 is 0 Å². The van der Waals surface area contributed by atoms with E-state index in [9.17, 15) is 13.2 Å². The summed E-state index contributed by atoms with van der Waals surface area (Å²) >= 11 is 0. The van der Waals surface area contributed by atoms with E-state index in [-0.39, 0.29) is 5.92 Å². The van der Waals surface area contributed by atoms with Crippen LogP contribution in [0.5, 0.6) is 0 Å². The lowest BCUT2D eigenvalue weighted by Gasteiger charge is -2.20. The fraction of sp³-hybridized carbons (Fsp3) is 0.200. The van der Waals surface area contributed by atoms with Crippen molar-refractivity contribution in [2.75, 3.05) is 0 Å². The molecule has 0 aliphatic rings. The monoisotopic (exact) mass is 345 g/mol.